The highest BCUT2D eigenvalue weighted by Gasteiger charge is 2.09. The summed E-state index contributed by atoms with van der Waals surface area (Å²) in [6.45, 7) is 7.83. The average Bonchev–Trinajstić information content (AvgIpc) is 2.49. The Morgan fingerprint density at radius 1 is 1.40 bits per heavy atom. The zero-order valence-electron chi connectivity index (χ0n) is 9.45. The molecule has 0 spiro atoms. The van der Waals surface area contributed by atoms with Crippen LogP contribution in [0, 0.1) is 0 Å². The third-order valence-corrected chi connectivity index (χ3v) is 2.38. The van der Waals surface area contributed by atoms with Crippen molar-refractivity contribution in [1.29, 1.82) is 0 Å². The molecule has 0 atom stereocenters. The maximum Gasteiger partial charge on any atom is 0.180 e. The standard InChI is InChI=1S/C10H18N2O2S/c1-10(2,3)14-5-4-13-7-8-6-12-9(11)15-8/h6H,4-5,7H2,1-3H3,(H2,11,12). The summed E-state index contributed by atoms with van der Waals surface area (Å²) >= 11 is 1.45. The van der Waals surface area contributed by atoms with Crippen molar-refractivity contribution in [2.45, 2.75) is 33.0 Å². The molecule has 0 fully saturated rings. The molecule has 0 aliphatic rings. The topological polar surface area (TPSA) is 57.4 Å². The quantitative estimate of drug-likeness (QED) is 0.787. The molecular weight excluding hydrogens is 212 g/mol. The molecule has 0 unspecified atom stereocenters. The maximum absolute atomic E-state index is 5.51. The third-order valence-electron chi connectivity index (χ3n) is 1.58. The lowest BCUT2D eigenvalue weighted by Gasteiger charge is -2.19. The van der Waals surface area contributed by atoms with E-state index in [1.54, 1.807) is 6.20 Å². The number of nitrogens with two attached hydrogens (primary N) is 1. The highest BCUT2D eigenvalue weighted by molar-refractivity contribution is 7.15. The van der Waals surface area contributed by atoms with Crippen LogP contribution in [0.3, 0.4) is 0 Å². The van der Waals surface area contributed by atoms with E-state index in [4.69, 9.17) is 15.2 Å². The van der Waals surface area contributed by atoms with E-state index in [0.29, 0.717) is 25.0 Å². The molecule has 1 heterocycles. The van der Waals surface area contributed by atoms with Crippen LogP contribution in [0.25, 0.3) is 0 Å². The molecule has 15 heavy (non-hydrogen) atoms. The van der Waals surface area contributed by atoms with Crippen LogP contribution in [0.5, 0.6) is 0 Å². The lowest BCUT2D eigenvalue weighted by atomic mass is 10.2. The van der Waals surface area contributed by atoms with Crippen molar-refractivity contribution < 1.29 is 9.47 Å². The van der Waals surface area contributed by atoms with Crippen LogP contribution in [0.4, 0.5) is 5.13 Å². The normalized spacial score (nSPS) is 11.9. The minimum absolute atomic E-state index is 0.0989. The molecule has 5 heteroatoms. The Hall–Kier alpha value is -0.650. The minimum Gasteiger partial charge on any atom is -0.375 e. The van der Waals surface area contributed by atoms with Crippen molar-refractivity contribution in [3.05, 3.63) is 11.1 Å². The van der Waals surface area contributed by atoms with Crippen molar-refractivity contribution in [2.75, 3.05) is 18.9 Å². The number of nitrogens with zero attached hydrogens (tertiary/aromatic N) is 1. The first kappa shape index (κ1) is 12.4. The summed E-state index contributed by atoms with van der Waals surface area (Å²) in [7, 11) is 0. The van der Waals surface area contributed by atoms with Gasteiger partial charge in [0.1, 0.15) is 0 Å². The molecule has 1 aromatic heterocycles. The Kier molecular flexibility index (Phi) is 4.50. The van der Waals surface area contributed by atoms with E-state index in [1.807, 2.05) is 20.8 Å². The van der Waals surface area contributed by atoms with E-state index in [9.17, 15) is 0 Å². The summed E-state index contributed by atoms with van der Waals surface area (Å²) in [4.78, 5) is 4.98. The van der Waals surface area contributed by atoms with Crippen LogP contribution < -0.4 is 5.73 Å². The number of aromatic nitrogens is 1. The number of ether oxygens (including phenoxy) is 2. The van der Waals surface area contributed by atoms with Gasteiger partial charge >= 0.3 is 0 Å². The first-order chi connectivity index (χ1) is 6.97. The lowest BCUT2D eigenvalue weighted by Crippen LogP contribution is -2.21. The average molecular weight is 230 g/mol. The molecule has 1 rings (SSSR count). The molecule has 0 saturated heterocycles. The molecule has 0 aromatic carbocycles. The van der Waals surface area contributed by atoms with Gasteiger partial charge in [-0.1, -0.05) is 11.3 Å². The van der Waals surface area contributed by atoms with Crippen LogP contribution in [0.2, 0.25) is 0 Å². The maximum atomic E-state index is 5.51. The Bertz CT molecular complexity index is 294. The van der Waals surface area contributed by atoms with Crippen molar-refractivity contribution >= 4 is 16.5 Å². The SMILES string of the molecule is CC(C)(C)OCCOCc1cnc(N)s1. The van der Waals surface area contributed by atoms with E-state index >= 15 is 0 Å². The van der Waals surface area contributed by atoms with Gasteiger partial charge in [0.2, 0.25) is 0 Å². The third kappa shape index (κ3) is 5.71. The molecular formula is C10H18N2O2S. The summed E-state index contributed by atoms with van der Waals surface area (Å²) in [6.07, 6.45) is 1.74. The van der Waals surface area contributed by atoms with Gasteiger partial charge in [-0.25, -0.2) is 4.98 Å². The second-order valence-corrected chi connectivity index (χ2v) is 5.33. The zero-order valence-corrected chi connectivity index (χ0v) is 10.3. The van der Waals surface area contributed by atoms with E-state index in [0.717, 1.165) is 4.88 Å². The van der Waals surface area contributed by atoms with Gasteiger partial charge in [0.15, 0.2) is 5.13 Å². The van der Waals surface area contributed by atoms with Gasteiger partial charge in [0, 0.05) is 6.20 Å². The smallest absolute Gasteiger partial charge is 0.180 e. The van der Waals surface area contributed by atoms with Gasteiger partial charge in [-0.3, -0.25) is 0 Å². The Labute approximate surface area is 94.4 Å². The van der Waals surface area contributed by atoms with Crippen LogP contribution in [0.1, 0.15) is 25.6 Å². The fraction of sp³-hybridized carbons (Fsp3) is 0.700. The minimum atomic E-state index is -0.0989. The molecule has 0 aliphatic carbocycles. The van der Waals surface area contributed by atoms with Crippen LogP contribution in [-0.4, -0.2) is 23.8 Å². The van der Waals surface area contributed by atoms with Gasteiger partial charge in [-0.05, 0) is 20.8 Å². The van der Waals surface area contributed by atoms with Gasteiger partial charge in [0.25, 0.3) is 0 Å². The second-order valence-electron chi connectivity index (χ2n) is 4.18. The fourth-order valence-electron chi connectivity index (χ4n) is 0.969. The van der Waals surface area contributed by atoms with E-state index in [1.165, 1.54) is 11.3 Å². The van der Waals surface area contributed by atoms with E-state index < -0.39 is 0 Å². The van der Waals surface area contributed by atoms with Crippen LogP contribution in [0.15, 0.2) is 6.20 Å². The van der Waals surface area contributed by atoms with Crippen molar-refractivity contribution in [2.24, 2.45) is 0 Å². The molecule has 86 valence electrons. The van der Waals surface area contributed by atoms with Gasteiger partial charge in [-0.2, -0.15) is 0 Å². The largest absolute Gasteiger partial charge is 0.375 e. The van der Waals surface area contributed by atoms with E-state index in [2.05, 4.69) is 4.98 Å². The molecule has 0 aliphatic heterocycles. The number of hydrogen-bond donors (Lipinski definition) is 1. The Morgan fingerprint density at radius 2 is 2.13 bits per heavy atom. The van der Waals surface area contributed by atoms with Gasteiger partial charge in [0.05, 0.1) is 30.3 Å². The number of rotatable bonds is 5. The molecule has 0 saturated carbocycles. The first-order valence-corrected chi connectivity index (χ1v) is 5.71. The summed E-state index contributed by atoms with van der Waals surface area (Å²) < 4.78 is 10.9. The van der Waals surface area contributed by atoms with Crippen molar-refractivity contribution in [1.82, 2.24) is 4.98 Å². The first-order valence-electron chi connectivity index (χ1n) is 4.89. The number of thiazole rings is 1. The predicted octanol–water partition coefficient (Wildman–Crippen LogP) is 2.06. The van der Waals surface area contributed by atoms with Crippen LogP contribution >= 0.6 is 11.3 Å². The molecule has 0 amide bonds. The molecule has 1 aromatic rings. The van der Waals surface area contributed by atoms with Gasteiger partial charge < -0.3 is 15.2 Å². The highest BCUT2D eigenvalue weighted by Crippen LogP contribution is 2.15. The molecule has 2 N–H and O–H groups in total. The number of anilines is 1. The monoisotopic (exact) mass is 230 g/mol. The van der Waals surface area contributed by atoms with Crippen molar-refractivity contribution in [3.8, 4) is 0 Å². The second kappa shape index (κ2) is 5.44. The molecule has 4 nitrogen and oxygen atoms in total. The van der Waals surface area contributed by atoms with Crippen LogP contribution in [-0.2, 0) is 16.1 Å². The molecule has 0 radical (unpaired) electrons. The lowest BCUT2D eigenvalue weighted by molar-refractivity contribution is -0.0373. The predicted molar refractivity (Wildman–Crippen MR) is 61.9 cm³/mol. The van der Waals surface area contributed by atoms with E-state index in [-0.39, 0.29) is 5.60 Å². The molecule has 0 bridgehead atoms. The fourth-order valence-corrected chi connectivity index (χ4v) is 1.59. The summed E-state index contributed by atoms with van der Waals surface area (Å²) in [5.41, 5.74) is 5.39. The number of hydrogen-bond acceptors (Lipinski definition) is 5. The Balaban J connectivity index is 2.07. The Morgan fingerprint density at radius 3 is 2.67 bits per heavy atom. The summed E-state index contributed by atoms with van der Waals surface area (Å²) in [5, 5.41) is 0.583. The van der Waals surface area contributed by atoms with Crippen molar-refractivity contribution in [3.63, 3.8) is 0 Å². The highest BCUT2D eigenvalue weighted by atomic mass is 32.1. The van der Waals surface area contributed by atoms with Gasteiger partial charge in [-0.15, -0.1) is 0 Å². The summed E-state index contributed by atoms with van der Waals surface area (Å²) in [5.74, 6) is 0. The number of nitrogen functional groups attached to an aromatic ring is 1. The summed E-state index contributed by atoms with van der Waals surface area (Å²) in [6, 6.07) is 0. The zero-order chi connectivity index (χ0) is 11.3.